The minimum absolute atomic E-state index is 0.239. The lowest BCUT2D eigenvalue weighted by atomic mass is 10.0. The Hall–Kier alpha value is -2.34. The van der Waals surface area contributed by atoms with Gasteiger partial charge in [0.25, 0.3) is 0 Å². The first-order valence-corrected chi connectivity index (χ1v) is 9.50. The number of benzene rings is 2. The van der Waals surface area contributed by atoms with Crippen molar-refractivity contribution in [3.05, 3.63) is 53.1 Å². The minimum Gasteiger partial charge on any atom is -0.444 e. The zero-order valence-corrected chi connectivity index (χ0v) is 16.9. The van der Waals surface area contributed by atoms with Gasteiger partial charge >= 0.3 is 6.09 Å². The van der Waals surface area contributed by atoms with Gasteiger partial charge in [-0.15, -0.1) is 0 Å². The molecule has 0 radical (unpaired) electrons. The summed E-state index contributed by atoms with van der Waals surface area (Å²) in [7, 11) is 0. The van der Waals surface area contributed by atoms with E-state index in [9.17, 15) is 13.6 Å². The number of hydrogen-bond donors (Lipinski definition) is 0. The normalized spacial score (nSPS) is 14.9. The van der Waals surface area contributed by atoms with Crippen LogP contribution in [-0.2, 0) is 4.74 Å². The van der Waals surface area contributed by atoms with Gasteiger partial charge in [0.1, 0.15) is 5.60 Å². The molecule has 1 fully saturated rings. The van der Waals surface area contributed by atoms with E-state index < -0.39 is 17.2 Å². The van der Waals surface area contributed by atoms with Gasteiger partial charge in [0.2, 0.25) is 0 Å². The highest BCUT2D eigenvalue weighted by Gasteiger charge is 2.26. The molecule has 150 valence electrons. The molecule has 1 amide bonds. The summed E-state index contributed by atoms with van der Waals surface area (Å²) < 4.78 is 32.4. The molecule has 1 heterocycles. The van der Waals surface area contributed by atoms with Gasteiger partial charge in [0, 0.05) is 31.9 Å². The highest BCUT2D eigenvalue weighted by molar-refractivity contribution is 6.31. The minimum atomic E-state index is -1.04. The number of hydrogen-bond acceptors (Lipinski definition) is 3. The van der Waals surface area contributed by atoms with Crippen LogP contribution in [0.3, 0.4) is 0 Å². The summed E-state index contributed by atoms with van der Waals surface area (Å²) in [6, 6.07) is 10.1. The largest absolute Gasteiger partial charge is 0.444 e. The van der Waals surface area contributed by atoms with Crippen molar-refractivity contribution < 1.29 is 18.3 Å². The molecule has 0 aliphatic carbocycles. The van der Waals surface area contributed by atoms with Crippen LogP contribution in [0.15, 0.2) is 36.4 Å². The lowest BCUT2D eigenvalue weighted by Crippen LogP contribution is -2.50. The molecule has 1 saturated heterocycles. The topological polar surface area (TPSA) is 32.8 Å². The number of carbonyl (C=O) groups excluding carboxylic acids is 1. The Labute approximate surface area is 168 Å². The zero-order chi connectivity index (χ0) is 20.5. The van der Waals surface area contributed by atoms with Crippen molar-refractivity contribution in [2.45, 2.75) is 26.4 Å². The maximum Gasteiger partial charge on any atom is 0.410 e. The van der Waals surface area contributed by atoms with E-state index in [1.54, 1.807) is 4.90 Å². The quantitative estimate of drug-likeness (QED) is 0.628. The highest BCUT2D eigenvalue weighted by atomic mass is 35.5. The first-order chi connectivity index (χ1) is 13.1. The van der Waals surface area contributed by atoms with E-state index in [1.807, 2.05) is 45.0 Å². The second-order valence-electron chi connectivity index (χ2n) is 7.76. The van der Waals surface area contributed by atoms with Crippen molar-refractivity contribution in [3.8, 4) is 11.1 Å². The van der Waals surface area contributed by atoms with E-state index in [0.29, 0.717) is 31.7 Å². The molecule has 0 spiro atoms. The van der Waals surface area contributed by atoms with Crippen LogP contribution in [0, 0.1) is 11.6 Å². The fraction of sp³-hybridized carbons (Fsp3) is 0.381. The maximum atomic E-state index is 13.6. The molecule has 4 nitrogen and oxygen atoms in total. The molecule has 3 rings (SSSR count). The predicted octanol–water partition coefficient (Wildman–Crippen LogP) is 5.34. The number of nitrogens with zero attached hydrogens (tertiary/aromatic N) is 2. The van der Waals surface area contributed by atoms with E-state index >= 15 is 0 Å². The summed E-state index contributed by atoms with van der Waals surface area (Å²) in [4.78, 5) is 16.0. The molecule has 2 aromatic carbocycles. The molecule has 0 N–H and O–H groups in total. The van der Waals surface area contributed by atoms with Crippen molar-refractivity contribution in [1.82, 2.24) is 4.90 Å². The standard InChI is InChI=1S/C21H23ClF2N2O2/c1-21(2,3)28-20(27)26-10-8-25(9-11-26)16-6-4-14(5-7-16)15-12-17(22)19(24)18(23)13-15/h4-7,12-13H,8-11H2,1-3H3. The van der Waals surface area contributed by atoms with Crippen LogP contribution in [-0.4, -0.2) is 42.8 Å². The van der Waals surface area contributed by atoms with Gasteiger partial charge < -0.3 is 14.5 Å². The highest BCUT2D eigenvalue weighted by Crippen LogP contribution is 2.29. The Balaban J connectivity index is 1.65. The molecule has 0 aromatic heterocycles. The Kier molecular flexibility index (Phi) is 5.79. The number of carbonyl (C=O) groups is 1. The molecule has 1 aliphatic rings. The Morgan fingerprint density at radius 3 is 2.14 bits per heavy atom. The summed E-state index contributed by atoms with van der Waals surface area (Å²) in [5.41, 5.74) is 1.76. The smallest absolute Gasteiger partial charge is 0.410 e. The molecule has 1 aliphatic heterocycles. The van der Waals surface area contributed by atoms with Crippen molar-refractivity contribution in [1.29, 1.82) is 0 Å². The van der Waals surface area contributed by atoms with Crippen LogP contribution in [0.4, 0.5) is 19.3 Å². The third-order valence-corrected chi connectivity index (χ3v) is 4.76. The number of amides is 1. The van der Waals surface area contributed by atoms with Gasteiger partial charge in [0.15, 0.2) is 11.6 Å². The predicted molar refractivity (Wildman–Crippen MR) is 107 cm³/mol. The first-order valence-electron chi connectivity index (χ1n) is 9.12. The third-order valence-electron chi connectivity index (χ3n) is 4.48. The monoisotopic (exact) mass is 408 g/mol. The first kappa shape index (κ1) is 20.4. The summed E-state index contributed by atoms with van der Waals surface area (Å²) in [5, 5.41) is -0.239. The van der Waals surface area contributed by atoms with Crippen LogP contribution < -0.4 is 4.90 Å². The van der Waals surface area contributed by atoms with E-state index in [0.717, 1.165) is 17.3 Å². The number of piperazine rings is 1. The summed E-state index contributed by atoms with van der Waals surface area (Å²) in [5.74, 6) is -2.00. The molecule has 2 aromatic rings. The number of rotatable bonds is 2. The van der Waals surface area contributed by atoms with Gasteiger partial charge in [-0.05, 0) is 56.2 Å². The van der Waals surface area contributed by atoms with Gasteiger partial charge in [-0.1, -0.05) is 23.7 Å². The zero-order valence-electron chi connectivity index (χ0n) is 16.1. The van der Waals surface area contributed by atoms with E-state index in [-0.39, 0.29) is 11.1 Å². The Morgan fingerprint density at radius 2 is 1.61 bits per heavy atom. The average Bonchev–Trinajstić information content (AvgIpc) is 2.64. The fourth-order valence-electron chi connectivity index (χ4n) is 3.06. The third kappa shape index (κ3) is 4.73. The summed E-state index contributed by atoms with van der Waals surface area (Å²) in [6.07, 6.45) is -0.294. The van der Waals surface area contributed by atoms with Gasteiger partial charge in [-0.25, -0.2) is 13.6 Å². The van der Waals surface area contributed by atoms with E-state index in [1.165, 1.54) is 6.07 Å². The van der Waals surface area contributed by atoms with Crippen molar-refractivity contribution in [2.24, 2.45) is 0 Å². The summed E-state index contributed by atoms with van der Waals surface area (Å²) in [6.45, 7) is 8.09. The lowest BCUT2D eigenvalue weighted by molar-refractivity contribution is 0.0240. The lowest BCUT2D eigenvalue weighted by Gasteiger charge is -2.36. The number of ether oxygens (including phenoxy) is 1. The van der Waals surface area contributed by atoms with Crippen LogP contribution >= 0.6 is 11.6 Å². The Bertz CT molecular complexity index is 835. The van der Waals surface area contributed by atoms with Gasteiger partial charge in [-0.2, -0.15) is 0 Å². The molecular weight excluding hydrogens is 386 g/mol. The molecule has 0 unspecified atom stereocenters. The molecule has 7 heteroatoms. The number of halogens is 3. The molecule has 0 saturated carbocycles. The van der Waals surface area contributed by atoms with Gasteiger partial charge in [-0.3, -0.25) is 0 Å². The maximum absolute atomic E-state index is 13.6. The summed E-state index contributed by atoms with van der Waals surface area (Å²) >= 11 is 5.74. The Morgan fingerprint density at radius 1 is 1.00 bits per heavy atom. The molecule has 28 heavy (non-hydrogen) atoms. The van der Waals surface area contributed by atoms with Crippen LogP contribution in [0.25, 0.3) is 11.1 Å². The average molecular weight is 409 g/mol. The van der Waals surface area contributed by atoms with E-state index in [2.05, 4.69) is 4.90 Å². The van der Waals surface area contributed by atoms with Crippen molar-refractivity contribution in [2.75, 3.05) is 31.1 Å². The number of anilines is 1. The second kappa shape index (κ2) is 7.95. The molecule has 0 bridgehead atoms. The SMILES string of the molecule is CC(C)(C)OC(=O)N1CCN(c2ccc(-c3cc(F)c(F)c(Cl)c3)cc2)CC1. The van der Waals surface area contributed by atoms with E-state index in [4.69, 9.17) is 16.3 Å². The van der Waals surface area contributed by atoms with Crippen LogP contribution in [0.1, 0.15) is 20.8 Å². The molecule has 0 atom stereocenters. The van der Waals surface area contributed by atoms with Crippen molar-refractivity contribution >= 4 is 23.4 Å². The second-order valence-corrected chi connectivity index (χ2v) is 8.16. The molecular formula is C21H23ClF2N2O2. The fourth-order valence-corrected chi connectivity index (χ4v) is 3.27. The van der Waals surface area contributed by atoms with Crippen LogP contribution in [0.5, 0.6) is 0 Å². The van der Waals surface area contributed by atoms with Crippen LogP contribution in [0.2, 0.25) is 5.02 Å². The van der Waals surface area contributed by atoms with Gasteiger partial charge in [0.05, 0.1) is 5.02 Å². The van der Waals surface area contributed by atoms with Crippen molar-refractivity contribution in [3.63, 3.8) is 0 Å².